The molecule has 0 aliphatic carbocycles. The predicted octanol–water partition coefficient (Wildman–Crippen LogP) is 5.00. The summed E-state index contributed by atoms with van der Waals surface area (Å²) in [6.07, 6.45) is 1.61. The van der Waals surface area contributed by atoms with Gasteiger partial charge in [-0.2, -0.15) is 0 Å². The van der Waals surface area contributed by atoms with Crippen LogP contribution in [0, 0.1) is 0 Å². The Hall–Kier alpha value is -2.70. The first-order valence-corrected chi connectivity index (χ1v) is 10.2. The molecule has 0 saturated carbocycles. The molecule has 0 fully saturated rings. The molecule has 0 radical (unpaired) electrons. The molecule has 0 aliphatic rings. The van der Waals surface area contributed by atoms with Crippen LogP contribution >= 0.6 is 11.3 Å². The number of hydrogen-bond donors (Lipinski definition) is 1. The van der Waals surface area contributed by atoms with Crippen molar-refractivity contribution in [2.24, 2.45) is 0 Å². The highest BCUT2D eigenvalue weighted by Gasteiger charge is 2.15. The van der Waals surface area contributed by atoms with Crippen LogP contribution in [-0.4, -0.2) is 21.9 Å². The quantitative estimate of drug-likeness (QED) is 0.501. The van der Waals surface area contributed by atoms with Gasteiger partial charge in [0.15, 0.2) is 0 Å². The van der Waals surface area contributed by atoms with Gasteiger partial charge in [0, 0.05) is 17.5 Å². The molecule has 0 amide bonds. The Bertz CT molecular complexity index is 1130. The van der Waals surface area contributed by atoms with Gasteiger partial charge in [0.2, 0.25) is 0 Å². The number of nitrogens with zero attached hydrogens (tertiary/aromatic N) is 2. The summed E-state index contributed by atoms with van der Waals surface area (Å²) in [5.41, 5.74) is 3.26. The van der Waals surface area contributed by atoms with Gasteiger partial charge in [0.25, 0.3) is 5.56 Å². The van der Waals surface area contributed by atoms with Gasteiger partial charge >= 0.3 is 0 Å². The van der Waals surface area contributed by atoms with Crippen LogP contribution in [0.3, 0.4) is 0 Å². The Labute approximate surface area is 167 Å². The third-order valence-corrected chi connectivity index (χ3v) is 5.67. The third kappa shape index (κ3) is 3.79. The summed E-state index contributed by atoms with van der Waals surface area (Å²) in [4.78, 5) is 23.2. The van der Waals surface area contributed by atoms with Gasteiger partial charge in [-0.3, -0.25) is 9.69 Å². The molecule has 0 unspecified atom stereocenters. The lowest BCUT2D eigenvalue weighted by atomic mass is 10.0. The second kappa shape index (κ2) is 7.73. The molecular formula is C22H23N3O2S. The summed E-state index contributed by atoms with van der Waals surface area (Å²) < 4.78 is 5.44. The average Bonchev–Trinajstić information content (AvgIpc) is 3.31. The van der Waals surface area contributed by atoms with Crippen LogP contribution in [0.5, 0.6) is 0 Å². The topological polar surface area (TPSA) is 62.1 Å². The fourth-order valence-corrected chi connectivity index (χ4v) is 4.26. The summed E-state index contributed by atoms with van der Waals surface area (Å²) in [6.45, 7) is 5.76. The monoisotopic (exact) mass is 393 g/mol. The lowest BCUT2D eigenvalue weighted by molar-refractivity contribution is 0.311. The van der Waals surface area contributed by atoms with Crippen molar-refractivity contribution in [2.75, 3.05) is 7.05 Å². The molecule has 1 aromatic carbocycles. The zero-order valence-corrected chi connectivity index (χ0v) is 17.0. The zero-order valence-electron chi connectivity index (χ0n) is 16.2. The molecule has 0 spiro atoms. The number of nitrogens with one attached hydrogen (secondary N) is 1. The van der Waals surface area contributed by atoms with Crippen LogP contribution in [0.2, 0.25) is 0 Å². The minimum absolute atomic E-state index is 0.123. The number of fused-ring (bicyclic) bond motifs is 1. The number of thiophene rings is 1. The first kappa shape index (κ1) is 18.7. The molecule has 1 N–H and O–H groups in total. The number of benzene rings is 1. The minimum atomic E-state index is -0.123. The summed E-state index contributed by atoms with van der Waals surface area (Å²) in [6, 6.07) is 12.4. The van der Waals surface area contributed by atoms with Gasteiger partial charge in [0.05, 0.1) is 18.2 Å². The molecular weight excluding hydrogens is 370 g/mol. The van der Waals surface area contributed by atoms with Crippen LogP contribution in [0.25, 0.3) is 21.5 Å². The summed E-state index contributed by atoms with van der Waals surface area (Å²) >= 11 is 1.47. The van der Waals surface area contributed by atoms with Crippen molar-refractivity contribution in [2.45, 2.75) is 32.9 Å². The Kier molecular flexibility index (Phi) is 5.15. The Balaban J connectivity index is 1.52. The van der Waals surface area contributed by atoms with Gasteiger partial charge in [-0.15, -0.1) is 11.3 Å². The highest BCUT2D eigenvalue weighted by Crippen LogP contribution is 2.30. The van der Waals surface area contributed by atoms with Gasteiger partial charge in [-0.1, -0.05) is 38.1 Å². The molecule has 4 rings (SSSR count). The third-order valence-electron chi connectivity index (χ3n) is 4.80. The van der Waals surface area contributed by atoms with Crippen molar-refractivity contribution in [3.05, 3.63) is 75.3 Å². The highest BCUT2D eigenvalue weighted by atomic mass is 32.1. The lowest BCUT2D eigenvalue weighted by Crippen LogP contribution is -2.21. The number of furan rings is 1. The second-order valence-corrected chi connectivity index (χ2v) is 8.25. The molecule has 0 aliphatic heterocycles. The van der Waals surface area contributed by atoms with Gasteiger partial charge in [-0.05, 0) is 36.2 Å². The van der Waals surface area contributed by atoms with E-state index in [1.165, 1.54) is 22.5 Å². The maximum Gasteiger partial charge on any atom is 0.260 e. The molecule has 6 heteroatoms. The van der Waals surface area contributed by atoms with Gasteiger partial charge in [-0.25, -0.2) is 4.98 Å². The van der Waals surface area contributed by atoms with E-state index in [1.807, 2.05) is 24.6 Å². The van der Waals surface area contributed by atoms with Crippen molar-refractivity contribution in [1.29, 1.82) is 0 Å². The van der Waals surface area contributed by atoms with Crippen LogP contribution in [0.4, 0.5) is 0 Å². The molecule has 28 heavy (non-hydrogen) atoms. The van der Waals surface area contributed by atoms with Crippen LogP contribution in [0.15, 0.2) is 57.3 Å². The van der Waals surface area contributed by atoms with E-state index >= 15 is 0 Å². The number of aromatic amines is 1. The predicted molar refractivity (Wildman–Crippen MR) is 114 cm³/mol. The van der Waals surface area contributed by atoms with Crippen molar-refractivity contribution in [3.63, 3.8) is 0 Å². The average molecular weight is 394 g/mol. The van der Waals surface area contributed by atoms with Crippen LogP contribution in [-0.2, 0) is 13.1 Å². The van der Waals surface area contributed by atoms with E-state index in [9.17, 15) is 4.79 Å². The minimum Gasteiger partial charge on any atom is -0.464 e. The number of hydrogen-bond acceptors (Lipinski definition) is 5. The molecule has 3 heterocycles. The van der Waals surface area contributed by atoms with Crippen molar-refractivity contribution < 1.29 is 4.42 Å². The van der Waals surface area contributed by atoms with Crippen molar-refractivity contribution in [1.82, 2.24) is 14.9 Å². The van der Waals surface area contributed by atoms with E-state index in [4.69, 9.17) is 4.42 Å². The molecule has 4 aromatic rings. The fraction of sp³-hybridized carbons (Fsp3) is 0.273. The van der Waals surface area contributed by atoms with Crippen molar-refractivity contribution in [3.8, 4) is 11.3 Å². The largest absolute Gasteiger partial charge is 0.464 e. The number of aromatic nitrogens is 2. The standard InChI is InChI=1S/C22H23N3O2S/c1-14(2)16-8-6-15(7-9-16)11-25(3)12-19-23-21(26)20-17(13-28-22(20)24-19)18-5-4-10-27-18/h4-10,13-14H,11-12H2,1-3H3,(H,23,24,26). The lowest BCUT2D eigenvalue weighted by Gasteiger charge is -2.16. The Morgan fingerprint density at radius 3 is 2.64 bits per heavy atom. The van der Waals surface area contributed by atoms with Gasteiger partial charge in [0.1, 0.15) is 16.4 Å². The van der Waals surface area contributed by atoms with Crippen LogP contribution < -0.4 is 5.56 Å². The maximum absolute atomic E-state index is 12.7. The zero-order chi connectivity index (χ0) is 19.7. The summed E-state index contributed by atoms with van der Waals surface area (Å²) in [5.74, 6) is 1.89. The smallest absolute Gasteiger partial charge is 0.260 e. The Morgan fingerprint density at radius 1 is 1.18 bits per heavy atom. The normalized spacial score (nSPS) is 11.8. The van der Waals surface area contributed by atoms with Crippen molar-refractivity contribution >= 4 is 21.6 Å². The first-order valence-electron chi connectivity index (χ1n) is 9.33. The molecule has 0 atom stereocenters. The van der Waals surface area contributed by atoms with E-state index in [1.54, 1.807) is 6.26 Å². The van der Waals surface area contributed by atoms with Crippen LogP contribution in [0.1, 0.15) is 36.7 Å². The van der Waals surface area contributed by atoms with E-state index < -0.39 is 0 Å². The summed E-state index contributed by atoms with van der Waals surface area (Å²) in [7, 11) is 2.03. The first-order chi connectivity index (χ1) is 13.5. The molecule has 5 nitrogen and oxygen atoms in total. The van der Waals surface area contributed by atoms with E-state index in [2.05, 4.69) is 53.0 Å². The fourth-order valence-electron chi connectivity index (χ4n) is 3.31. The molecule has 144 valence electrons. The molecule has 0 bridgehead atoms. The summed E-state index contributed by atoms with van der Waals surface area (Å²) in [5, 5.41) is 2.52. The van der Waals surface area contributed by atoms with E-state index in [0.29, 0.717) is 29.4 Å². The molecule has 3 aromatic heterocycles. The second-order valence-electron chi connectivity index (χ2n) is 7.39. The highest BCUT2D eigenvalue weighted by molar-refractivity contribution is 7.17. The molecule has 0 saturated heterocycles. The maximum atomic E-state index is 12.7. The van der Waals surface area contributed by atoms with Gasteiger partial charge < -0.3 is 9.40 Å². The van der Waals surface area contributed by atoms with E-state index in [0.717, 1.165) is 16.9 Å². The SMILES string of the molecule is CC(C)c1ccc(CN(C)Cc2nc3scc(-c4ccco4)c3c(=O)[nH]2)cc1. The number of H-pyrrole nitrogens is 1. The number of rotatable bonds is 6. The Morgan fingerprint density at radius 2 is 1.96 bits per heavy atom. The van der Waals surface area contributed by atoms with E-state index in [-0.39, 0.29) is 5.56 Å².